The minimum Gasteiger partial charge on any atom is -0.288 e. The maximum atomic E-state index is 2.77. The van der Waals surface area contributed by atoms with Gasteiger partial charge in [-0.05, 0) is 13.0 Å². The zero-order valence-corrected chi connectivity index (χ0v) is 9.13. The topological polar surface area (TPSA) is 3.24 Å². The molecule has 0 spiro atoms. The average Bonchev–Trinajstić information content (AvgIpc) is 2.04. The number of hydrogen-bond acceptors (Lipinski definition) is 1. The predicted molar refractivity (Wildman–Crippen MR) is 55.7 cm³/mol. The molecular formula is C9H22NP. The van der Waals surface area contributed by atoms with Gasteiger partial charge in [0.05, 0.1) is 0 Å². The van der Waals surface area contributed by atoms with Crippen LogP contribution in [0.25, 0.3) is 0 Å². The van der Waals surface area contributed by atoms with Crippen molar-refractivity contribution in [1.82, 2.24) is 4.67 Å². The second-order valence-corrected chi connectivity index (χ2v) is 3.77. The molecule has 0 saturated carbocycles. The Morgan fingerprint density at radius 1 is 1.00 bits per heavy atom. The SMILES string of the molecule is CCCCCCCN(P)CC. The zero-order valence-electron chi connectivity index (χ0n) is 7.97. The van der Waals surface area contributed by atoms with Gasteiger partial charge < -0.3 is 0 Å². The van der Waals surface area contributed by atoms with Gasteiger partial charge in [0.2, 0.25) is 0 Å². The van der Waals surface area contributed by atoms with Gasteiger partial charge in [0, 0.05) is 6.54 Å². The van der Waals surface area contributed by atoms with Crippen molar-refractivity contribution < 1.29 is 0 Å². The van der Waals surface area contributed by atoms with Crippen molar-refractivity contribution in [2.45, 2.75) is 46.0 Å². The summed E-state index contributed by atoms with van der Waals surface area (Å²) >= 11 is 0. The van der Waals surface area contributed by atoms with Crippen molar-refractivity contribution in [1.29, 1.82) is 0 Å². The first-order chi connectivity index (χ1) is 5.31. The van der Waals surface area contributed by atoms with Crippen LogP contribution in [0.15, 0.2) is 0 Å². The van der Waals surface area contributed by atoms with E-state index in [4.69, 9.17) is 0 Å². The molecule has 0 N–H and O–H groups in total. The molecule has 0 aliphatic carbocycles. The van der Waals surface area contributed by atoms with Gasteiger partial charge in [0.25, 0.3) is 0 Å². The lowest BCUT2D eigenvalue weighted by Crippen LogP contribution is -2.11. The van der Waals surface area contributed by atoms with E-state index in [-0.39, 0.29) is 0 Å². The Morgan fingerprint density at radius 2 is 1.64 bits per heavy atom. The Hall–Kier alpha value is 0.390. The predicted octanol–water partition coefficient (Wildman–Crippen LogP) is 3.07. The molecule has 11 heavy (non-hydrogen) atoms. The van der Waals surface area contributed by atoms with E-state index in [1.807, 2.05) is 0 Å². The lowest BCUT2D eigenvalue weighted by molar-refractivity contribution is 0.463. The Bertz CT molecular complexity index is 76.0. The van der Waals surface area contributed by atoms with E-state index < -0.39 is 0 Å². The van der Waals surface area contributed by atoms with E-state index in [2.05, 4.69) is 27.9 Å². The molecule has 0 fully saturated rings. The van der Waals surface area contributed by atoms with Gasteiger partial charge >= 0.3 is 0 Å². The molecule has 0 radical (unpaired) electrons. The number of hydrogen-bond donors (Lipinski definition) is 0. The van der Waals surface area contributed by atoms with Crippen molar-refractivity contribution in [3.05, 3.63) is 0 Å². The summed E-state index contributed by atoms with van der Waals surface area (Å²) in [6, 6.07) is 0. The molecule has 0 aliphatic heterocycles. The monoisotopic (exact) mass is 175 g/mol. The van der Waals surface area contributed by atoms with Crippen LogP contribution in [-0.2, 0) is 0 Å². The molecule has 0 aliphatic rings. The standard InChI is InChI=1S/C9H22NP/c1-3-5-6-7-8-9-10(11)4-2/h3-9,11H2,1-2H3. The molecular weight excluding hydrogens is 153 g/mol. The molecule has 1 nitrogen and oxygen atoms in total. The highest BCUT2D eigenvalue weighted by atomic mass is 31.0. The smallest absolute Gasteiger partial charge is 0.00160 e. The summed E-state index contributed by atoms with van der Waals surface area (Å²) < 4.78 is 2.30. The first-order valence-electron chi connectivity index (χ1n) is 4.80. The van der Waals surface area contributed by atoms with Crippen LogP contribution in [0.3, 0.4) is 0 Å². The Balaban J connectivity index is 2.89. The summed E-state index contributed by atoms with van der Waals surface area (Å²) in [4.78, 5) is 0. The van der Waals surface area contributed by atoms with Crippen molar-refractivity contribution >= 4 is 9.39 Å². The van der Waals surface area contributed by atoms with Crippen molar-refractivity contribution in [2.75, 3.05) is 13.1 Å². The normalized spacial score (nSPS) is 10.9. The molecule has 0 aromatic carbocycles. The van der Waals surface area contributed by atoms with E-state index in [0.717, 1.165) is 6.54 Å². The largest absolute Gasteiger partial charge is 0.288 e. The second kappa shape index (κ2) is 8.49. The Morgan fingerprint density at radius 3 is 2.18 bits per heavy atom. The van der Waals surface area contributed by atoms with Crippen molar-refractivity contribution in [3.8, 4) is 0 Å². The van der Waals surface area contributed by atoms with Crippen LogP contribution in [0.4, 0.5) is 0 Å². The van der Waals surface area contributed by atoms with Crippen LogP contribution in [0, 0.1) is 0 Å². The van der Waals surface area contributed by atoms with E-state index in [1.165, 1.54) is 38.6 Å². The minimum atomic E-state index is 1.15. The Labute approximate surface area is 73.8 Å². The molecule has 2 heteroatoms. The van der Waals surface area contributed by atoms with Crippen molar-refractivity contribution in [3.63, 3.8) is 0 Å². The zero-order chi connectivity index (χ0) is 8.53. The summed E-state index contributed by atoms with van der Waals surface area (Å²) in [7, 11) is 2.77. The molecule has 0 rings (SSSR count). The van der Waals surface area contributed by atoms with E-state index in [9.17, 15) is 0 Å². The van der Waals surface area contributed by atoms with Gasteiger partial charge in [-0.2, -0.15) is 0 Å². The Kier molecular flexibility index (Phi) is 8.79. The van der Waals surface area contributed by atoms with Crippen LogP contribution in [-0.4, -0.2) is 17.8 Å². The van der Waals surface area contributed by atoms with Gasteiger partial charge in [-0.3, -0.25) is 4.67 Å². The summed E-state index contributed by atoms with van der Waals surface area (Å²) in [6.45, 7) is 6.84. The number of unbranched alkanes of at least 4 members (excludes halogenated alkanes) is 4. The van der Waals surface area contributed by atoms with Gasteiger partial charge in [0.15, 0.2) is 0 Å². The summed E-state index contributed by atoms with van der Waals surface area (Å²) in [5, 5.41) is 0. The fraction of sp³-hybridized carbons (Fsp3) is 1.00. The highest BCUT2D eigenvalue weighted by Crippen LogP contribution is 2.05. The molecule has 1 atom stereocenters. The van der Waals surface area contributed by atoms with Crippen LogP contribution < -0.4 is 0 Å². The maximum Gasteiger partial charge on any atom is 0.00160 e. The first kappa shape index (κ1) is 11.4. The number of nitrogens with zero attached hydrogens (tertiary/aromatic N) is 1. The van der Waals surface area contributed by atoms with E-state index >= 15 is 0 Å². The molecule has 0 heterocycles. The number of rotatable bonds is 7. The van der Waals surface area contributed by atoms with Crippen LogP contribution in [0.5, 0.6) is 0 Å². The van der Waals surface area contributed by atoms with Gasteiger partial charge in [-0.1, -0.05) is 48.9 Å². The quantitative estimate of drug-likeness (QED) is 0.424. The molecule has 0 saturated heterocycles. The molecule has 0 aromatic heterocycles. The van der Waals surface area contributed by atoms with Crippen LogP contribution >= 0.6 is 9.39 Å². The van der Waals surface area contributed by atoms with Crippen molar-refractivity contribution in [2.24, 2.45) is 0 Å². The van der Waals surface area contributed by atoms with E-state index in [0.29, 0.717) is 0 Å². The van der Waals surface area contributed by atoms with Gasteiger partial charge in [-0.25, -0.2) is 0 Å². The third-order valence-corrected chi connectivity index (χ3v) is 2.58. The third kappa shape index (κ3) is 8.29. The minimum absolute atomic E-state index is 1.15. The second-order valence-electron chi connectivity index (χ2n) is 3.04. The van der Waals surface area contributed by atoms with Crippen LogP contribution in [0.1, 0.15) is 46.0 Å². The summed E-state index contributed by atoms with van der Waals surface area (Å²) in [5.41, 5.74) is 0. The lowest BCUT2D eigenvalue weighted by atomic mass is 10.1. The lowest BCUT2D eigenvalue weighted by Gasteiger charge is -2.12. The molecule has 0 bridgehead atoms. The fourth-order valence-electron chi connectivity index (χ4n) is 1.08. The molecule has 0 aromatic rings. The third-order valence-electron chi connectivity index (χ3n) is 1.96. The van der Waals surface area contributed by atoms with Gasteiger partial charge in [0.1, 0.15) is 0 Å². The molecule has 68 valence electrons. The molecule has 0 amide bonds. The van der Waals surface area contributed by atoms with Gasteiger partial charge in [-0.15, -0.1) is 0 Å². The highest BCUT2D eigenvalue weighted by Gasteiger charge is 1.93. The van der Waals surface area contributed by atoms with E-state index in [1.54, 1.807) is 0 Å². The summed E-state index contributed by atoms with van der Waals surface area (Å²) in [6.07, 6.45) is 6.93. The molecule has 1 unspecified atom stereocenters. The maximum absolute atomic E-state index is 2.77. The van der Waals surface area contributed by atoms with Crippen LogP contribution in [0.2, 0.25) is 0 Å². The highest BCUT2D eigenvalue weighted by molar-refractivity contribution is 7.13. The first-order valence-corrected chi connectivity index (χ1v) is 5.32. The average molecular weight is 175 g/mol. The summed E-state index contributed by atoms with van der Waals surface area (Å²) in [5.74, 6) is 0. The fourth-order valence-corrected chi connectivity index (χ4v) is 1.26.